The largest absolute Gasteiger partial charge is 0.298 e. The maximum Gasteiger partial charge on any atom is 0.116 e. The summed E-state index contributed by atoms with van der Waals surface area (Å²) in [5, 5.41) is 12.8. The van der Waals surface area contributed by atoms with E-state index in [1.807, 2.05) is 6.92 Å². The molecule has 0 saturated heterocycles. The Morgan fingerprint density at radius 1 is 1.22 bits per heavy atom. The molecule has 0 rings (SSSR count). The zero-order valence-electron chi connectivity index (χ0n) is 13.1. The van der Waals surface area contributed by atoms with E-state index in [1.165, 1.54) is 19.3 Å². The Morgan fingerprint density at radius 3 is 2.22 bits per heavy atom. The smallest absolute Gasteiger partial charge is 0.116 e. The second-order valence-corrected chi connectivity index (χ2v) is 6.01. The van der Waals surface area contributed by atoms with Crippen molar-refractivity contribution in [2.45, 2.75) is 78.4 Å². The van der Waals surface area contributed by atoms with Crippen LogP contribution < -0.4 is 5.32 Å². The highest BCUT2D eigenvalue weighted by molar-refractivity contribution is 5.06. The Morgan fingerprint density at radius 2 is 1.83 bits per heavy atom. The fourth-order valence-electron chi connectivity index (χ4n) is 2.24. The molecule has 1 unspecified atom stereocenters. The average molecular weight is 253 g/mol. The Kier molecular flexibility index (Phi) is 8.22. The lowest BCUT2D eigenvalue weighted by atomic mass is 10.0. The Labute approximate surface area is 114 Å². The zero-order chi connectivity index (χ0) is 14.2. The Hall–Kier alpha value is -0.590. The summed E-state index contributed by atoms with van der Waals surface area (Å²) in [7, 11) is 0. The summed E-state index contributed by atoms with van der Waals surface area (Å²) < 4.78 is 0. The van der Waals surface area contributed by atoms with Crippen molar-refractivity contribution in [3.63, 3.8) is 0 Å². The fourth-order valence-corrected chi connectivity index (χ4v) is 2.24. The first-order valence-corrected chi connectivity index (χ1v) is 7.27. The molecule has 0 aliphatic heterocycles. The minimum absolute atomic E-state index is 0.333. The quantitative estimate of drug-likeness (QED) is 0.642. The van der Waals surface area contributed by atoms with Gasteiger partial charge >= 0.3 is 0 Å². The van der Waals surface area contributed by atoms with Gasteiger partial charge < -0.3 is 0 Å². The summed E-state index contributed by atoms with van der Waals surface area (Å²) in [5.41, 5.74) is -0.454. The van der Waals surface area contributed by atoms with Gasteiger partial charge in [0.15, 0.2) is 0 Å². The normalized spacial score (nSPS) is 15.1. The second-order valence-electron chi connectivity index (χ2n) is 6.01. The number of unbranched alkanes of at least 4 members (excludes halogenated alkanes) is 2. The summed E-state index contributed by atoms with van der Waals surface area (Å²) in [6.07, 6.45) is 3.73. The molecule has 1 atom stereocenters. The average Bonchev–Trinajstić information content (AvgIpc) is 2.27. The lowest BCUT2D eigenvalue weighted by molar-refractivity contribution is 0.172. The number of nitrogens with one attached hydrogen (secondary N) is 1. The Bertz CT molecular complexity index is 255. The molecule has 3 heteroatoms. The molecule has 0 aliphatic rings. The number of nitriles is 1. The number of nitrogens with zero attached hydrogens (tertiary/aromatic N) is 2. The molecule has 0 saturated carbocycles. The van der Waals surface area contributed by atoms with Crippen molar-refractivity contribution in [1.29, 1.82) is 5.26 Å². The Balaban J connectivity index is 4.49. The number of hydrogen-bond acceptors (Lipinski definition) is 3. The molecule has 18 heavy (non-hydrogen) atoms. The first kappa shape index (κ1) is 17.4. The lowest BCUT2D eigenvalue weighted by Gasteiger charge is -2.35. The number of rotatable bonds is 9. The van der Waals surface area contributed by atoms with E-state index in [9.17, 15) is 5.26 Å². The van der Waals surface area contributed by atoms with E-state index >= 15 is 0 Å². The van der Waals surface area contributed by atoms with Crippen molar-refractivity contribution in [3.8, 4) is 6.07 Å². The summed E-state index contributed by atoms with van der Waals surface area (Å²) in [4.78, 5) is 2.41. The monoisotopic (exact) mass is 253 g/mol. The van der Waals surface area contributed by atoms with Gasteiger partial charge in [-0.05, 0) is 47.6 Å². The van der Waals surface area contributed by atoms with Gasteiger partial charge in [0.1, 0.15) is 5.54 Å². The van der Waals surface area contributed by atoms with Gasteiger partial charge in [-0.25, -0.2) is 0 Å². The predicted octanol–water partition coefficient (Wildman–Crippen LogP) is 3.17. The van der Waals surface area contributed by atoms with Gasteiger partial charge in [-0.2, -0.15) is 5.26 Å². The van der Waals surface area contributed by atoms with E-state index in [0.717, 1.165) is 13.1 Å². The van der Waals surface area contributed by atoms with Crippen LogP contribution >= 0.6 is 0 Å². The topological polar surface area (TPSA) is 39.1 Å². The first-order valence-electron chi connectivity index (χ1n) is 7.27. The van der Waals surface area contributed by atoms with Crippen LogP contribution in [0.15, 0.2) is 0 Å². The zero-order valence-corrected chi connectivity index (χ0v) is 13.1. The van der Waals surface area contributed by atoms with Crippen molar-refractivity contribution < 1.29 is 0 Å². The standard InChI is InChI=1S/C15H31N3/c1-7-8-9-10-18(14(4)5)12-15(6,11-16)17-13(2)3/h13-14,17H,7-10,12H2,1-6H3. The lowest BCUT2D eigenvalue weighted by Crippen LogP contribution is -2.54. The third-order valence-corrected chi connectivity index (χ3v) is 3.15. The highest BCUT2D eigenvalue weighted by Crippen LogP contribution is 2.11. The van der Waals surface area contributed by atoms with Gasteiger partial charge in [-0.15, -0.1) is 0 Å². The van der Waals surface area contributed by atoms with E-state index in [1.54, 1.807) is 0 Å². The molecule has 0 radical (unpaired) electrons. The van der Waals surface area contributed by atoms with Gasteiger partial charge in [0.2, 0.25) is 0 Å². The fraction of sp³-hybridized carbons (Fsp3) is 0.933. The minimum atomic E-state index is -0.454. The van der Waals surface area contributed by atoms with Crippen molar-refractivity contribution in [3.05, 3.63) is 0 Å². The van der Waals surface area contributed by atoms with Crippen molar-refractivity contribution in [2.75, 3.05) is 13.1 Å². The van der Waals surface area contributed by atoms with Crippen LogP contribution in [-0.4, -0.2) is 35.6 Å². The third kappa shape index (κ3) is 6.98. The van der Waals surface area contributed by atoms with Gasteiger partial charge in [-0.3, -0.25) is 10.2 Å². The molecule has 0 fully saturated rings. The van der Waals surface area contributed by atoms with Crippen LogP contribution in [0.25, 0.3) is 0 Å². The van der Waals surface area contributed by atoms with Gasteiger partial charge in [-0.1, -0.05) is 19.8 Å². The molecule has 3 nitrogen and oxygen atoms in total. The minimum Gasteiger partial charge on any atom is -0.298 e. The van der Waals surface area contributed by atoms with Gasteiger partial charge in [0.05, 0.1) is 6.07 Å². The van der Waals surface area contributed by atoms with Crippen LogP contribution in [0.5, 0.6) is 0 Å². The molecular formula is C15H31N3. The van der Waals surface area contributed by atoms with Gasteiger partial charge in [0.25, 0.3) is 0 Å². The van der Waals surface area contributed by atoms with Crippen LogP contribution in [-0.2, 0) is 0 Å². The summed E-state index contributed by atoms with van der Waals surface area (Å²) >= 11 is 0. The highest BCUT2D eigenvalue weighted by atomic mass is 15.2. The van der Waals surface area contributed by atoms with Crippen LogP contribution in [0.3, 0.4) is 0 Å². The predicted molar refractivity (Wildman–Crippen MR) is 78.5 cm³/mol. The van der Waals surface area contributed by atoms with E-state index < -0.39 is 5.54 Å². The van der Waals surface area contributed by atoms with Crippen LogP contribution in [0.2, 0.25) is 0 Å². The summed E-state index contributed by atoms with van der Waals surface area (Å²) in [6.45, 7) is 14.7. The van der Waals surface area contributed by atoms with E-state index in [0.29, 0.717) is 12.1 Å². The van der Waals surface area contributed by atoms with Crippen molar-refractivity contribution in [1.82, 2.24) is 10.2 Å². The maximum atomic E-state index is 9.40. The van der Waals surface area contributed by atoms with Crippen LogP contribution in [0.4, 0.5) is 0 Å². The maximum absolute atomic E-state index is 9.40. The molecule has 0 aromatic carbocycles. The molecule has 0 spiro atoms. The molecule has 0 aromatic rings. The molecule has 106 valence electrons. The second kappa shape index (κ2) is 8.50. The van der Waals surface area contributed by atoms with Gasteiger partial charge in [0, 0.05) is 18.6 Å². The highest BCUT2D eigenvalue weighted by Gasteiger charge is 2.28. The van der Waals surface area contributed by atoms with Crippen molar-refractivity contribution >= 4 is 0 Å². The third-order valence-electron chi connectivity index (χ3n) is 3.15. The molecule has 0 amide bonds. The molecule has 0 aliphatic carbocycles. The summed E-state index contributed by atoms with van der Waals surface area (Å²) in [6, 6.07) is 3.25. The van der Waals surface area contributed by atoms with Crippen LogP contribution in [0.1, 0.15) is 60.8 Å². The van der Waals surface area contributed by atoms with E-state index in [-0.39, 0.29) is 0 Å². The van der Waals surface area contributed by atoms with E-state index in [2.05, 4.69) is 50.9 Å². The van der Waals surface area contributed by atoms with Crippen LogP contribution in [0, 0.1) is 11.3 Å². The molecule has 1 N–H and O–H groups in total. The number of hydrogen-bond donors (Lipinski definition) is 1. The SMILES string of the molecule is CCCCCN(CC(C)(C#N)NC(C)C)C(C)C. The summed E-state index contributed by atoms with van der Waals surface area (Å²) in [5.74, 6) is 0. The molecular weight excluding hydrogens is 222 g/mol. The van der Waals surface area contributed by atoms with Crippen molar-refractivity contribution in [2.24, 2.45) is 0 Å². The first-order chi connectivity index (χ1) is 8.34. The molecule has 0 heterocycles. The van der Waals surface area contributed by atoms with E-state index in [4.69, 9.17) is 0 Å². The molecule has 0 aromatic heterocycles. The molecule has 0 bridgehead atoms.